The second kappa shape index (κ2) is 7.31. The Morgan fingerprint density at radius 1 is 1.00 bits per heavy atom. The van der Waals surface area contributed by atoms with Crippen molar-refractivity contribution in [3.63, 3.8) is 0 Å². The second-order valence-electron chi connectivity index (χ2n) is 6.67. The smallest absolute Gasteiger partial charge is 0.123 e. The van der Waals surface area contributed by atoms with Gasteiger partial charge in [-0.3, -0.25) is 0 Å². The largest absolute Gasteiger partial charge is 0.303 e. The van der Waals surface area contributed by atoms with Gasteiger partial charge in [0.05, 0.1) is 0 Å². The van der Waals surface area contributed by atoms with Crippen molar-refractivity contribution in [2.75, 3.05) is 0 Å². The molecular formula is C17H30O. The number of carbonyl (C=O) groups is 1. The van der Waals surface area contributed by atoms with E-state index in [1.165, 1.54) is 76.9 Å². The van der Waals surface area contributed by atoms with Crippen molar-refractivity contribution in [2.45, 2.75) is 77.6 Å². The van der Waals surface area contributed by atoms with E-state index in [9.17, 15) is 4.79 Å². The van der Waals surface area contributed by atoms with Gasteiger partial charge in [-0.1, -0.05) is 51.9 Å². The molecule has 2 rings (SSSR count). The van der Waals surface area contributed by atoms with Crippen molar-refractivity contribution in [2.24, 2.45) is 23.7 Å². The third-order valence-electron chi connectivity index (χ3n) is 5.51. The maximum atomic E-state index is 11.2. The Morgan fingerprint density at radius 3 is 2.39 bits per heavy atom. The van der Waals surface area contributed by atoms with Gasteiger partial charge in [0.2, 0.25) is 0 Å². The first-order valence-corrected chi connectivity index (χ1v) is 8.30. The molecule has 0 saturated heterocycles. The average Bonchev–Trinajstić information content (AvgIpc) is 2.45. The fourth-order valence-electron chi connectivity index (χ4n) is 4.34. The number of carbonyl (C=O) groups excluding carboxylic acids is 1. The molecule has 0 aromatic carbocycles. The van der Waals surface area contributed by atoms with E-state index in [1.807, 2.05) is 0 Å². The molecule has 2 atom stereocenters. The summed E-state index contributed by atoms with van der Waals surface area (Å²) in [5.74, 6) is 3.01. The molecule has 2 fully saturated rings. The van der Waals surface area contributed by atoms with Gasteiger partial charge in [-0.25, -0.2) is 0 Å². The summed E-state index contributed by atoms with van der Waals surface area (Å²) in [6.07, 6.45) is 16.3. The first-order valence-electron chi connectivity index (χ1n) is 8.30. The van der Waals surface area contributed by atoms with Crippen LogP contribution in [0.2, 0.25) is 0 Å². The van der Waals surface area contributed by atoms with E-state index in [0.717, 1.165) is 17.8 Å². The normalized spacial score (nSPS) is 37.4. The minimum absolute atomic E-state index is 0.399. The molecule has 0 aliphatic heterocycles. The van der Waals surface area contributed by atoms with Crippen LogP contribution in [0, 0.1) is 23.7 Å². The van der Waals surface area contributed by atoms with Crippen LogP contribution in [0.5, 0.6) is 0 Å². The zero-order valence-electron chi connectivity index (χ0n) is 12.1. The number of rotatable bonds is 5. The van der Waals surface area contributed by atoms with Crippen molar-refractivity contribution in [1.29, 1.82) is 0 Å². The van der Waals surface area contributed by atoms with E-state index in [4.69, 9.17) is 0 Å². The SMILES string of the molecule is CCCCC1CCC(C2CCCCC2C=O)CC1. The van der Waals surface area contributed by atoms with Gasteiger partial charge >= 0.3 is 0 Å². The Labute approximate surface area is 113 Å². The van der Waals surface area contributed by atoms with Crippen molar-refractivity contribution < 1.29 is 4.79 Å². The lowest BCUT2D eigenvalue weighted by Crippen LogP contribution is -2.30. The molecule has 0 radical (unpaired) electrons. The van der Waals surface area contributed by atoms with Crippen LogP contribution in [0.25, 0.3) is 0 Å². The van der Waals surface area contributed by atoms with Crippen molar-refractivity contribution >= 4 is 6.29 Å². The van der Waals surface area contributed by atoms with Gasteiger partial charge in [-0.2, -0.15) is 0 Å². The highest BCUT2D eigenvalue weighted by molar-refractivity contribution is 5.54. The lowest BCUT2D eigenvalue weighted by Gasteiger charge is -2.38. The van der Waals surface area contributed by atoms with Crippen LogP contribution in [-0.4, -0.2) is 6.29 Å². The molecule has 0 amide bonds. The van der Waals surface area contributed by atoms with Crippen molar-refractivity contribution in [3.8, 4) is 0 Å². The Morgan fingerprint density at radius 2 is 1.72 bits per heavy atom. The van der Waals surface area contributed by atoms with Gasteiger partial charge in [0, 0.05) is 5.92 Å². The van der Waals surface area contributed by atoms with Gasteiger partial charge in [0.1, 0.15) is 6.29 Å². The molecule has 0 bridgehead atoms. The predicted molar refractivity (Wildman–Crippen MR) is 76.5 cm³/mol. The summed E-state index contributed by atoms with van der Waals surface area (Å²) >= 11 is 0. The zero-order valence-corrected chi connectivity index (χ0v) is 12.1. The third kappa shape index (κ3) is 3.59. The lowest BCUT2D eigenvalue weighted by atomic mass is 9.66. The quantitative estimate of drug-likeness (QED) is 0.628. The fourth-order valence-corrected chi connectivity index (χ4v) is 4.34. The first kappa shape index (κ1) is 14.1. The third-order valence-corrected chi connectivity index (χ3v) is 5.51. The van der Waals surface area contributed by atoms with Crippen LogP contribution in [0.3, 0.4) is 0 Å². The second-order valence-corrected chi connectivity index (χ2v) is 6.67. The Bertz CT molecular complexity index is 240. The zero-order chi connectivity index (χ0) is 12.8. The van der Waals surface area contributed by atoms with Crippen LogP contribution in [0.1, 0.15) is 77.6 Å². The fraction of sp³-hybridized carbons (Fsp3) is 0.941. The highest BCUT2D eigenvalue weighted by Gasteiger charge is 2.33. The molecule has 2 aliphatic rings. The van der Waals surface area contributed by atoms with Crippen LogP contribution in [0.4, 0.5) is 0 Å². The van der Waals surface area contributed by atoms with Gasteiger partial charge in [-0.15, -0.1) is 0 Å². The van der Waals surface area contributed by atoms with Gasteiger partial charge in [0.15, 0.2) is 0 Å². The minimum Gasteiger partial charge on any atom is -0.303 e. The molecule has 0 aromatic rings. The first-order chi connectivity index (χ1) is 8.85. The molecule has 0 heterocycles. The number of unbranched alkanes of at least 4 members (excludes halogenated alkanes) is 1. The van der Waals surface area contributed by atoms with Crippen LogP contribution in [0.15, 0.2) is 0 Å². The Hall–Kier alpha value is -0.330. The molecular weight excluding hydrogens is 220 g/mol. The molecule has 0 spiro atoms. The topological polar surface area (TPSA) is 17.1 Å². The summed E-state index contributed by atoms with van der Waals surface area (Å²) in [7, 11) is 0. The van der Waals surface area contributed by atoms with E-state index >= 15 is 0 Å². The number of hydrogen-bond acceptors (Lipinski definition) is 1. The molecule has 0 N–H and O–H groups in total. The van der Waals surface area contributed by atoms with E-state index < -0.39 is 0 Å². The molecule has 0 aromatic heterocycles. The number of hydrogen-bond donors (Lipinski definition) is 0. The molecule has 18 heavy (non-hydrogen) atoms. The van der Waals surface area contributed by atoms with Crippen LogP contribution in [-0.2, 0) is 4.79 Å². The van der Waals surface area contributed by atoms with E-state index in [0.29, 0.717) is 5.92 Å². The summed E-state index contributed by atoms with van der Waals surface area (Å²) < 4.78 is 0. The minimum atomic E-state index is 0.399. The summed E-state index contributed by atoms with van der Waals surface area (Å²) in [4.78, 5) is 11.2. The maximum absolute atomic E-state index is 11.2. The molecule has 104 valence electrons. The van der Waals surface area contributed by atoms with Gasteiger partial charge < -0.3 is 4.79 Å². The van der Waals surface area contributed by atoms with E-state index in [2.05, 4.69) is 6.92 Å². The van der Waals surface area contributed by atoms with Crippen molar-refractivity contribution in [1.82, 2.24) is 0 Å². The highest BCUT2D eigenvalue weighted by atomic mass is 16.1. The highest BCUT2D eigenvalue weighted by Crippen LogP contribution is 2.42. The lowest BCUT2D eigenvalue weighted by molar-refractivity contribution is -0.114. The molecule has 1 heteroatoms. The predicted octanol–water partition coefficient (Wildman–Crippen LogP) is 4.99. The average molecular weight is 250 g/mol. The van der Waals surface area contributed by atoms with E-state index in [-0.39, 0.29) is 0 Å². The molecule has 1 nitrogen and oxygen atoms in total. The Kier molecular flexibility index (Phi) is 5.72. The molecule has 2 saturated carbocycles. The Balaban J connectivity index is 1.79. The van der Waals surface area contributed by atoms with Gasteiger partial charge in [-0.05, 0) is 43.4 Å². The molecule has 2 aliphatic carbocycles. The summed E-state index contributed by atoms with van der Waals surface area (Å²) in [6.45, 7) is 2.29. The molecule has 2 unspecified atom stereocenters. The number of aldehydes is 1. The van der Waals surface area contributed by atoms with E-state index in [1.54, 1.807) is 0 Å². The van der Waals surface area contributed by atoms with Crippen molar-refractivity contribution in [3.05, 3.63) is 0 Å². The monoisotopic (exact) mass is 250 g/mol. The summed E-state index contributed by atoms with van der Waals surface area (Å²) in [6, 6.07) is 0. The summed E-state index contributed by atoms with van der Waals surface area (Å²) in [5, 5.41) is 0. The standard InChI is InChI=1S/C17H30O/c1-2-3-6-14-9-11-15(12-10-14)17-8-5-4-7-16(17)13-18/h13-17H,2-12H2,1H3. The maximum Gasteiger partial charge on any atom is 0.123 e. The summed E-state index contributed by atoms with van der Waals surface area (Å²) in [5.41, 5.74) is 0. The van der Waals surface area contributed by atoms with Crippen LogP contribution < -0.4 is 0 Å². The van der Waals surface area contributed by atoms with Gasteiger partial charge in [0.25, 0.3) is 0 Å². The van der Waals surface area contributed by atoms with Crippen LogP contribution >= 0.6 is 0 Å².